The first-order chi connectivity index (χ1) is 11.1. The van der Waals surface area contributed by atoms with Gasteiger partial charge in [0.25, 0.3) is 0 Å². The number of nitriles is 1. The topological polar surface area (TPSA) is 74.2 Å². The fourth-order valence-corrected chi connectivity index (χ4v) is 2.01. The normalized spacial score (nSPS) is 11.2. The Bertz CT molecular complexity index is 688. The molecule has 0 aliphatic carbocycles. The Morgan fingerprint density at radius 2 is 1.74 bits per heavy atom. The molecule has 0 fully saturated rings. The Balaban J connectivity index is 1.92. The van der Waals surface area contributed by atoms with Crippen LogP contribution in [0.1, 0.15) is 19.4 Å². The number of hydrogen-bond acceptors (Lipinski definition) is 4. The molecule has 0 heterocycles. The van der Waals surface area contributed by atoms with Gasteiger partial charge in [0.2, 0.25) is 5.91 Å². The number of nitrogens with zero attached hydrogens (tertiary/aromatic N) is 1. The second-order valence-electron chi connectivity index (χ2n) is 5.00. The van der Waals surface area contributed by atoms with Crippen LogP contribution in [-0.4, -0.2) is 18.6 Å². The van der Waals surface area contributed by atoms with Crippen molar-refractivity contribution in [3.05, 3.63) is 54.1 Å². The number of benzene rings is 2. The summed E-state index contributed by atoms with van der Waals surface area (Å²) in [6, 6.07) is 15.9. The van der Waals surface area contributed by atoms with Gasteiger partial charge in [-0.05, 0) is 62.4 Å². The van der Waals surface area contributed by atoms with Crippen LogP contribution >= 0.6 is 0 Å². The molecular weight excluding hydrogens is 290 g/mol. The molecule has 0 saturated heterocycles. The smallest absolute Gasteiger partial charge is 0.246 e. The Morgan fingerprint density at radius 3 is 2.30 bits per heavy atom. The summed E-state index contributed by atoms with van der Waals surface area (Å²) >= 11 is 0. The molecule has 0 aliphatic heterocycles. The lowest BCUT2D eigenvalue weighted by molar-refractivity contribution is -0.116. The van der Waals surface area contributed by atoms with Crippen LogP contribution in [0.15, 0.2) is 48.5 Å². The highest BCUT2D eigenvalue weighted by atomic mass is 16.5. The summed E-state index contributed by atoms with van der Waals surface area (Å²) in [6.07, 6.45) is 0. The number of anilines is 2. The predicted octanol–water partition coefficient (Wildman–Crippen LogP) is 3.40. The number of nitrogens with one attached hydrogen (secondary N) is 2. The summed E-state index contributed by atoms with van der Waals surface area (Å²) in [7, 11) is 0. The molecule has 2 rings (SSSR count). The third-order valence-corrected chi connectivity index (χ3v) is 3.22. The van der Waals surface area contributed by atoms with E-state index in [9.17, 15) is 4.79 Å². The summed E-state index contributed by atoms with van der Waals surface area (Å²) in [6.45, 7) is 4.34. The first kappa shape index (κ1) is 16.4. The highest BCUT2D eigenvalue weighted by Gasteiger charge is 2.12. The number of rotatable bonds is 6. The zero-order valence-corrected chi connectivity index (χ0v) is 13.2. The first-order valence-electron chi connectivity index (χ1n) is 7.43. The van der Waals surface area contributed by atoms with E-state index in [1.54, 1.807) is 31.2 Å². The van der Waals surface area contributed by atoms with E-state index in [0.29, 0.717) is 17.9 Å². The monoisotopic (exact) mass is 309 g/mol. The second kappa shape index (κ2) is 7.85. The molecule has 0 aliphatic rings. The molecule has 0 aromatic heterocycles. The van der Waals surface area contributed by atoms with Crippen LogP contribution < -0.4 is 15.4 Å². The van der Waals surface area contributed by atoms with Crippen molar-refractivity contribution < 1.29 is 9.53 Å². The summed E-state index contributed by atoms with van der Waals surface area (Å²) in [5.74, 6) is 0.649. The zero-order chi connectivity index (χ0) is 16.7. The SMILES string of the molecule is CCOc1ccc(N[C@@H](C)C(=O)Nc2ccc(C#N)cc2)cc1. The van der Waals surface area contributed by atoms with Gasteiger partial charge in [0.1, 0.15) is 11.8 Å². The van der Waals surface area contributed by atoms with Gasteiger partial charge in [-0.3, -0.25) is 4.79 Å². The first-order valence-corrected chi connectivity index (χ1v) is 7.43. The third kappa shape index (κ3) is 4.75. The summed E-state index contributed by atoms with van der Waals surface area (Å²) in [5, 5.41) is 14.7. The van der Waals surface area contributed by atoms with Crippen LogP contribution in [-0.2, 0) is 4.79 Å². The van der Waals surface area contributed by atoms with Gasteiger partial charge in [0.15, 0.2) is 0 Å². The van der Waals surface area contributed by atoms with Gasteiger partial charge in [-0.2, -0.15) is 5.26 Å². The maximum absolute atomic E-state index is 12.2. The third-order valence-electron chi connectivity index (χ3n) is 3.22. The standard InChI is InChI=1S/C18H19N3O2/c1-3-23-17-10-8-15(9-11-17)20-13(2)18(22)21-16-6-4-14(12-19)5-7-16/h4-11,13,20H,3H2,1-2H3,(H,21,22)/t13-/m0/s1. The van der Waals surface area contributed by atoms with Crippen LogP contribution in [0.5, 0.6) is 5.75 Å². The maximum atomic E-state index is 12.2. The van der Waals surface area contributed by atoms with Crippen molar-refractivity contribution >= 4 is 17.3 Å². The number of carbonyl (C=O) groups excluding carboxylic acids is 1. The second-order valence-corrected chi connectivity index (χ2v) is 5.00. The molecule has 2 N–H and O–H groups in total. The van der Waals surface area contributed by atoms with E-state index in [1.807, 2.05) is 37.3 Å². The van der Waals surface area contributed by atoms with Crippen molar-refractivity contribution in [3.63, 3.8) is 0 Å². The molecule has 0 saturated carbocycles. The van der Waals surface area contributed by atoms with E-state index in [4.69, 9.17) is 10.00 Å². The fraction of sp³-hybridized carbons (Fsp3) is 0.222. The quantitative estimate of drug-likeness (QED) is 0.857. The van der Waals surface area contributed by atoms with Crippen molar-refractivity contribution in [1.82, 2.24) is 0 Å². The minimum absolute atomic E-state index is 0.149. The highest BCUT2D eigenvalue weighted by molar-refractivity contribution is 5.96. The van der Waals surface area contributed by atoms with Crippen LogP contribution in [0.2, 0.25) is 0 Å². The minimum atomic E-state index is -0.399. The zero-order valence-electron chi connectivity index (χ0n) is 13.2. The van der Waals surface area contributed by atoms with Crippen molar-refractivity contribution in [2.45, 2.75) is 19.9 Å². The largest absolute Gasteiger partial charge is 0.494 e. The van der Waals surface area contributed by atoms with Gasteiger partial charge >= 0.3 is 0 Å². The van der Waals surface area contributed by atoms with Gasteiger partial charge < -0.3 is 15.4 Å². The van der Waals surface area contributed by atoms with Crippen LogP contribution in [0, 0.1) is 11.3 Å². The Morgan fingerprint density at radius 1 is 1.13 bits per heavy atom. The Labute approximate surface area is 135 Å². The van der Waals surface area contributed by atoms with Gasteiger partial charge in [0, 0.05) is 11.4 Å². The molecule has 1 atom stereocenters. The maximum Gasteiger partial charge on any atom is 0.246 e. The lowest BCUT2D eigenvalue weighted by Crippen LogP contribution is -2.31. The number of hydrogen-bond donors (Lipinski definition) is 2. The average molecular weight is 309 g/mol. The van der Waals surface area contributed by atoms with Crippen LogP contribution in [0.25, 0.3) is 0 Å². The van der Waals surface area contributed by atoms with Crippen LogP contribution in [0.4, 0.5) is 11.4 Å². The lowest BCUT2D eigenvalue weighted by Gasteiger charge is -2.15. The minimum Gasteiger partial charge on any atom is -0.494 e. The average Bonchev–Trinajstić information content (AvgIpc) is 2.57. The molecular formula is C18H19N3O2. The molecule has 0 spiro atoms. The van der Waals surface area contributed by atoms with E-state index in [0.717, 1.165) is 11.4 Å². The van der Waals surface area contributed by atoms with E-state index in [1.165, 1.54) is 0 Å². The van der Waals surface area contributed by atoms with Crippen molar-refractivity contribution in [1.29, 1.82) is 5.26 Å². The Hall–Kier alpha value is -3.00. The van der Waals surface area contributed by atoms with Gasteiger partial charge in [0.05, 0.1) is 18.2 Å². The van der Waals surface area contributed by atoms with Crippen molar-refractivity contribution in [2.75, 3.05) is 17.2 Å². The van der Waals surface area contributed by atoms with Gasteiger partial charge in [-0.25, -0.2) is 0 Å². The molecule has 1 amide bonds. The number of ether oxygens (including phenoxy) is 1. The lowest BCUT2D eigenvalue weighted by atomic mass is 10.2. The van der Waals surface area contributed by atoms with E-state index in [2.05, 4.69) is 10.6 Å². The van der Waals surface area contributed by atoms with Crippen molar-refractivity contribution in [3.8, 4) is 11.8 Å². The molecule has 118 valence electrons. The number of carbonyl (C=O) groups is 1. The van der Waals surface area contributed by atoms with Crippen molar-refractivity contribution in [2.24, 2.45) is 0 Å². The van der Waals surface area contributed by atoms with E-state index in [-0.39, 0.29) is 5.91 Å². The van der Waals surface area contributed by atoms with Crippen LogP contribution in [0.3, 0.4) is 0 Å². The van der Waals surface area contributed by atoms with E-state index < -0.39 is 6.04 Å². The molecule has 0 bridgehead atoms. The van der Waals surface area contributed by atoms with Gasteiger partial charge in [-0.15, -0.1) is 0 Å². The number of amides is 1. The molecule has 5 nitrogen and oxygen atoms in total. The Kier molecular flexibility index (Phi) is 5.59. The molecule has 23 heavy (non-hydrogen) atoms. The molecule has 5 heteroatoms. The summed E-state index contributed by atoms with van der Waals surface area (Å²) in [5.41, 5.74) is 2.06. The summed E-state index contributed by atoms with van der Waals surface area (Å²) < 4.78 is 5.38. The molecule has 0 radical (unpaired) electrons. The van der Waals surface area contributed by atoms with Gasteiger partial charge in [-0.1, -0.05) is 0 Å². The van der Waals surface area contributed by atoms with E-state index >= 15 is 0 Å². The molecule has 0 unspecified atom stereocenters. The summed E-state index contributed by atoms with van der Waals surface area (Å²) in [4.78, 5) is 12.2. The molecule has 2 aromatic carbocycles. The predicted molar refractivity (Wildman–Crippen MR) is 90.5 cm³/mol. The fourth-order valence-electron chi connectivity index (χ4n) is 2.01. The molecule has 2 aromatic rings. The highest BCUT2D eigenvalue weighted by Crippen LogP contribution is 2.17.